The summed E-state index contributed by atoms with van der Waals surface area (Å²) in [5, 5.41) is 0. The Labute approximate surface area is 170 Å². The zero-order valence-corrected chi connectivity index (χ0v) is 17.4. The van der Waals surface area contributed by atoms with E-state index in [9.17, 15) is 9.59 Å². The Hall–Kier alpha value is -3.00. The van der Waals surface area contributed by atoms with Gasteiger partial charge in [0.25, 0.3) is 5.56 Å². The molecule has 0 atom stereocenters. The van der Waals surface area contributed by atoms with Gasteiger partial charge in [-0.05, 0) is 26.2 Å². The van der Waals surface area contributed by atoms with E-state index in [1.54, 1.807) is 23.4 Å². The summed E-state index contributed by atoms with van der Waals surface area (Å²) in [6, 6.07) is 3.79. The van der Waals surface area contributed by atoms with Crippen LogP contribution in [0, 0.1) is 0 Å². The van der Waals surface area contributed by atoms with Crippen molar-refractivity contribution in [2.24, 2.45) is 0 Å². The molecular weight excluding hydrogens is 368 g/mol. The lowest BCUT2D eigenvalue weighted by Gasteiger charge is -2.44. The quantitative estimate of drug-likeness (QED) is 0.707. The minimum absolute atomic E-state index is 0.00670. The number of carbonyl (C=O) groups excluding carboxylic acids is 1. The molecule has 1 saturated heterocycles. The number of H-pyrrole nitrogens is 1. The highest BCUT2D eigenvalue weighted by Gasteiger charge is 2.33. The Morgan fingerprint density at radius 2 is 2.10 bits per heavy atom. The maximum absolute atomic E-state index is 12.4. The molecule has 3 rings (SSSR count). The molecule has 0 saturated carbocycles. The summed E-state index contributed by atoms with van der Waals surface area (Å²) < 4.78 is 0. The zero-order valence-electron chi connectivity index (χ0n) is 17.4. The molecule has 0 aromatic carbocycles. The van der Waals surface area contributed by atoms with Gasteiger partial charge in [-0.1, -0.05) is 13.0 Å². The maximum Gasteiger partial charge on any atom is 0.271 e. The molecule has 1 amide bonds. The molecule has 8 nitrogen and oxygen atoms in total. The monoisotopic (exact) mass is 396 g/mol. The van der Waals surface area contributed by atoms with Crippen molar-refractivity contribution >= 4 is 11.6 Å². The van der Waals surface area contributed by atoms with Crippen molar-refractivity contribution in [3.8, 4) is 11.3 Å². The van der Waals surface area contributed by atoms with Gasteiger partial charge in [-0.2, -0.15) is 0 Å². The second-order valence-corrected chi connectivity index (χ2v) is 7.49. The van der Waals surface area contributed by atoms with E-state index in [4.69, 9.17) is 0 Å². The SMILES string of the molecule is CCc1nccc(-c2c[nH]c(=O)c(N(C)C3CN(C(=O)/C=C/CN(C)C)C3)c2)n1. The van der Waals surface area contributed by atoms with Gasteiger partial charge in [0.2, 0.25) is 5.91 Å². The van der Waals surface area contributed by atoms with Gasteiger partial charge in [0.1, 0.15) is 11.5 Å². The van der Waals surface area contributed by atoms with Crippen LogP contribution in [-0.2, 0) is 11.2 Å². The highest BCUT2D eigenvalue weighted by molar-refractivity contribution is 5.88. The molecule has 8 heteroatoms. The summed E-state index contributed by atoms with van der Waals surface area (Å²) in [5.74, 6) is 0.770. The molecular formula is C21H28N6O2. The molecule has 1 aliphatic rings. The first-order valence-electron chi connectivity index (χ1n) is 9.77. The van der Waals surface area contributed by atoms with Crippen molar-refractivity contribution < 1.29 is 4.79 Å². The third-order valence-electron chi connectivity index (χ3n) is 5.03. The Morgan fingerprint density at radius 1 is 1.34 bits per heavy atom. The van der Waals surface area contributed by atoms with E-state index >= 15 is 0 Å². The minimum Gasteiger partial charge on any atom is -0.364 e. The second kappa shape index (κ2) is 9.00. The Morgan fingerprint density at radius 3 is 2.79 bits per heavy atom. The molecule has 2 aromatic heterocycles. The van der Waals surface area contributed by atoms with E-state index in [1.165, 1.54) is 0 Å². The van der Waals surface area contributed by atoms with Crippen LogP contribution < -0.4 is 10.5 Å². The van der Waals surface area contributed by atoms with Crippen LogP contribution in [0.1, 0.15) is 12.7 Å². The minimum atomic E-state index is -0.156. The van der Waals surface area contributed by atoms with Gasteiger partial charge in [0, 0.05) is 57.1 Å². The molecule has 1 fully saturated rings. The molecule has 0 radical (unpaired) electrons. The summed E-state index contributed by atoms with van der Waals surface area (Å²) in [6.45, 7) is 3.93. The highest BCUT2D eigenvalue weighted by atomic mass is 16.2. The van der Waals surface area contributed by atoms with E-state index < -0.39 is 0 Å². The number of hydrogen-bond donors (Lipinski definition) is 1. The van der Waals surface area contributed by atoms with Gasteiger partial charge in [-0.3, -0.25) is 9.59 Å². The summed E-state index contributed by atoms with van der Waals surface area (Å²) >= 11 is 0. The van der Waals surface area contributed by atoms with Crippen LogP contribution in [0.4, 0.5) is 5.69 Å². The number of pyridine rings is 1. The van der Waals surface area contributed by atoms with Gasteiger partial charge in [0.05, 0.1) is 11.7 Å². The number of aryl methyl sites for hydroxylation is 1. The molecule has 1 N–H and O–H groups in total. The average molecular weight is 396 g/mol. The van der Waals surface area contributed by atoms with Gasteiger partial charge in [0.15, 0.2) is 0 Å². The third-order valence-corrected chi connectivity index (χ3v) is 5.03. The fraction of sp³-hybridized carbons (Fsp3) is 0.429. The number of rotatable bonds is 7. The normalized spacial score (nSPS) is 14.4. The lowest BCUT2D eigenvalue weighted by molar-refractivity contribution is -0.130. The summed E-state index contributed by atoms with van der Waals surface area (Å²) in [7, 11) is 5.80. The molecule has 3 heterocycles. The first kappa shape index (κ1) is 20.7. The van der Waals surface area contributed by atoms with Crippen LogP contribution in [0.3, 0.4) is 0 Å². The first-order chi connectivity index (χ1) is 13.9. The standard InChI is InChI=1S/C21H28N6O2/c1-5-19-22-9-8-17(24-19)15-11-18(21(29)23-12-15)26(4)16-13-27(14-16)20(28)7-6-10-25(2)3/h6-9,11-12,16H,5,10,13-14H2,1-4H3,(H,23,29)/b7-6+. The summed E-state index contributed by atoms with van der Waals surface area (Å²) in [6.07, 6.45) is 7.63. The zero-order chi connectivity index (χ0) is 21.0. The van der Waals surface area contributed by atoms with Gasteiger partial charge >= 0.3 is 0 Å². The fourth-order valence-corrected chi connectivity index (χ4v) is 3.16. The van der Waals surface area contributed by atoms with Crippen molar-refractivity contribution in [3.05, 3.63) is 52.9 Å². The van der Waals surface area contributed by atoms with Crippen LogP contribution in [0.2, 0.25) is 0 Å². The summed E-state index contributed by atoms with van der Waals surface area (Å²) in [5.41, 5.74) is 2.03. The predicted molar refractivity (Wildman–Crippen MR) is 114 cm³/mol. The Balaban J connectivity index is 1.69. The molecule has 1 aliphatic heterocycles. The number of amides is 1. The van der Waals surface area contributed by atoms with Gasteiger partial charge < -0.3 is 19.7 Å². The van der Waals surface area contributed by atoms with Crippen LogP contribution >= 0.6 is 0 Å². The van der Waals surface area contributed by atoms with Crippen molar-refractivity contribution in [2.45, 2.75) is 19.4 Å². The number of likely N-dealkylation sites (tertiary alicyclic amines) is 1. The number of nitrogens with one attached hydrogen (secondary N) is 1. The molecule has 29 heavy (non-hydrogen) atoms. The average Bonchev–Trinajstić information content (AvgIpc) is 2.66. The number of nitrogens with zero attached hydrogens (tertiary/aromatic N) is 5. The van der Waals surface area contributed by atoms with Crippen LogP contribution in [0.25, 0.3) is 11.3 Å². The van der Waals surface area contributed by atoms with E-state index in [-0.39, 0.29) is 17.5 Å². The van der Waals surface area contributed by atoms with Crippen molar-refractivity contribution in [3.63, 3.8) is 0 Å². The summed E-state index contributed by atoms with van der Waals surface area (Å²) in [4.78, 5) is 41.9. The smallest absolute Gasteiger partial charge is 0.271 e. The maximum atomic E-state index is 12.4. The molecule has 0 aliphatic carbocycles. The van der Waals surface area contributed by atoms with Crippen molar-refractivity contribution in [1.82, 2.24) is 24.8 Å². The van der Waals surface area contributed by atoms with Crippen LogP contribution in [-0.4, -0.2) is 77.5 Å². The Kier molecular flexibility index (Phi) is 6.43. The van der Waals surface area contributed by atoms with Gasteiger partial charge in [-0.15, -0.1) is 0 Å². The Bertz CT molecular complexity index is 946. The number of likely N-dealkylation sites (N-methyl/N-ethyl adjacent to an activating group) is 2. The first-order valence-corrected chi connectivity index (χ1v) is 9.77. The molecule has 154 valence electrons. The van der Waals surface area contributed by atoms with E-state index in [0.29, 0.717) is 18.8 Å². The van der Waals surface area contributed by atoms with Gasteiger partial charge in [-0.25, -0.2) is 9.97 Å². The second-order valence-electron chi connectivity index (χ2n) is 7.49. The molecule has 0 spiro atoms. The molecule has 0 bridgehead atoms. The number of aromatic nitrogens is 3. The third kappa shape index (κ3) is 4.89. The predicted octanol–water partition coefficient (Wildman–Crippen LogP) is 1.16. The van der Waals surface area contributed by atoms with E-state index in [2.05, 4.69) is 15.0 Å². The number of anilines is 1. The largest absolute Gasteiger partial charge is 0.364 e. The lowest BCUT2D eigenvalue weighted by Crippen LogP contribution is -2.60. The van der Waals surface area contributed by atoms with Crippen LogP contribution in [0.5, 0.6) is 0 Å². The van der Waals surface area contributed by atoms with E-state index in [1.807, 2.05) is 56.1 Å². The van der Waals surface area contributed by atoms with E-state index in [0.717, 1.165) is 30.0 Å². The lowest BCUT2D eigenvalue weighted by atomic mass is 10.1. The molecule has 0 unspecified atom stereocenters. The number of carbonyl (C=O) groups is 1. The fourth-order valence-electron chi connectivity index (χ4n) is 3.16. The topological polar surface area (TPSA) is 85.4 Å². The van der Waals surface area contributed by atoms with Crippen LogP contribution in [0.15, 0.2) is 41.5 Å². The van der Waals surface area contributed by atoms with Crippen molar-refractivity contribution in [1.29, 1.82) is 0 Å². The van der Waals surface area contributed by atoms with Crippen molar-refractivity contribution in [2.75, 3.05) is 45.7 Å². The number of hydrogen-bond acceptors (Lipinski definition) is 6. The number of aromatic amines is 1. The molecule has 2 aromatic rings. The highest BCUT2D eigenvalue weighted by Crippen LogP contribution is 2.23.